The van der Waals surface area contributed by atoms with Crippen LogP contribution in [-0.2, 0) is 11.8 Å². The van der Waals surface area contributed by atoms with Crippen molar-refractivity contribution in [2.24, 2.45) is 7.05 Å². The molecule has 0 aliphatic carbocycles. The highest BCUT2D eigenvalue weighted by Gasteiger charge is 2.37. The highest BCUT2D eigenvalue weighted by atomic mass is 16.2. The number of aryl methyl sites for hydroxylation is 2. The molecule has 0 aromatic carbocycles. The number of carbonyl (C=O) groups excluding carboxylic acids is 1. The Balaban J connectivity index is 1.75. The van der Waals surface area contributed by atoms with Crippen LogP contribution < -0.4 is 4.90 Å². The minimum atomic E-state index is 0.0864. The third kappa shape index (κ3) is 2.46. The molecule has 1 amide bonds. The van der Waals surface area contributed by atoms with Crippen LogP contribution >= 0.6 is 0 Å². The Morgan fingerprint density at radius 1 is 1.15 bits per heavy atom. The molecule has 0 saturated carbocycles. The molecule has 3 rings (SSSR count). The van der Waals surface area contributed by atoms with Crippen LogP contribution in [-0.4, -0.2) is 46.3 Å². The highest BCUT2D eigenvalue weighted by molar-refractivity contribution is 5.98. The van der Waals surface area contributed by atoms with E-state index in [0.29, 0.717) is 0 Å². The molecule has 1 aromatic rings. The van der Waals surface area contributed by atoms with Crippen LogP contribution in [0.4, 0.5) is 5.82 Å². The molecule has 1 atom stereocenters. The van der Waals surface area contributed by atoms with Crippen molar-refractivity contribution in [3.05, 3.63) is 11.8 Å². The average molecular weight is 276 g/mol. The Morgan fingerprint density at radius 2 is 1.85 bits per heavy atom. The van der Waals surface area contributed by atoms with Gasteiger partial charge in [0, 0.05) is 19.7 Å². The quantitative estimate of drug-likeness (QED) is 0.826. The van der Waals surface area contributed by atoms with Gasteiger partial charge in [0.2, 0.25) is 5.91 Å². The molecule has 1 aromatic heterocycles. The van der Waals surface area contributed by atoms with Crippen molar-refractivity contribution >= 4 is 11.7 Å². The van der Waals surface area contributed by atoms with Crippen LogP contribution in [0.25, 0.3) is 0 Å². The van der Waals surface area contributed by atoms with E-state index in [1.807, 2.05) is 29.6 Å². The van der Waals surface area contributed by atoms with Gasteiger partial charge < -0.3 is 0 Å². The second kappa shape index (κ2) is 5.56. The second-order valence-corrected chi connectivity index (χ2v) is 6.01. The largest absolute Gasteiger partial charge is 0.296 e. The molecule has 2 saturated heterocycles. The number of nitrogens with zero attached hydrogens (tertiary/aromatic N) is 4. The third-order valence-electron chi connectivity index (χ3n) is 4.51. The van der Waals surface area contributed by atoms with Gasteiger partial charge in [-0.15, -0.1) is 0 Å². The number of likely N-dealkylation sites (tertiary alicyclic amines) is 1. The SMILES string of the molecule is Cc1cc(N2CC[C@@H](N3CCCCCC3)C2=O)n(C)n1. The summed E-state index contributed by atoms with van der Waals surface area (Å²) in [6.07, 6.45) is 6.02. The number of carbonyl (C=O) groups is 1. The Kier molecular flexibility index (Phi) is 3.78. The van der Waals surface area contributed by atoms with Crippen molar-refractivity contribution in [2.45, 2.75) is 45.1 Å². The minimum Gasteiger partial charge on any atom is -0.296 e. The Labute approximate surface area is 120 Å². The Morgan fingerprint density at radius 3 is 2.45 bits per heavy atom. The normalized spacial score (nSPS) is 25.2. The van der Waals surface area contributed by atoms with Gasteiger partial charge in [0.15, 0.2) is 0 Å². The molecule has 2 aliphatic rings. The van der Waals surface area contributed by atoms with E-state index in [2.05, 4.69) is 10.00 Å². The summed E-state index contributed by atoms with van der Waals surface area (Å²) in [6.45, 7) is 4.94. The van der Waals surface area contributed by atoms with E-state index in [1.54, 1.807) is 0 Å². The fourth-order valence-corrected chi connectivity index (χ4v) is 3.49. The fourth-order valence-electron chi connectivity index (χ4n) is 3.49. The van der Waals surface area contributed by atoms with Crippen LogP contribution in [0.15, 0.2) is 6.07 Å². The van der Waals surface area contributed by atoms with E-state index in [9.17, 15) is 4.79 Å². The lowest BCUT2D eigenvalue weighted by atomic mass is 10.2. The van der Waals surface area contributed by atoms with Crippen molar-refractivity contribution in [3.8, 4) is 0 Å². The van der Waals surface area contributed by atoms with Crippen molar-refractivity contribution in [3.63, 3.8) is 0 Å². The van der Waals surface area contributed by atoms with Gasteiger partial charge in [-0.3, -0.25) is 19.3 Å². The van der Waals surface area contributed by atoms with Crippen LogP contribution in [0.3, 0.4) is 0 Å². The molecule has 5 nitrogen and oxygen atoms in total. The van der Waals surface area contributed by atoms with Gasteiger partial charge in [-0.2, -0.15) is 5.10 Å². The lowest BCUT2D eigenvalue weighted by molar-refractivity contribution is -0.121. The first-order valence-electron chi connectivity index (χ1n) is 7.73. The Bertz CT molecular complexity index is 488. The summed E-state index contributed by atoms with van der Waals surface area (Å²) < 4.78 is 1.82. The van der Waals surface area contributed by atoms with E-state index in [-0.39, 0.29) is 11.9 Å². The molecular weight excluding hydrogens is 252 g/mol. The van der Waals surface area contributed by atoms with Gasteiger partial charge in [0.1, 0.15) is 5.82 Å². The van der Waals surface area contributed by atoms with E-state index in [1.165, 1.54) is 25.7 Å². The van der Waals surface area contributed by atoms with E-state index < -0.39 is 0 Å². The molecular formula is C15H24N4O. The molecule has 3 heterocycles. The zero-order chi connectivity index (χ0) is 14.1. The number of aromatic nitrogens is 2. The molecule has 0 bridgehead atoms. The van der Waals surface area contributed by atoms with Crippen LogP contribution in [0.2, 0.25) is 0 Å². The van der Waals surface area contributed by atoms with Gasteiger partial charge in [-0.05, 0) is 39.3 Å². The number of amides is 1. The maximum Gasteiger partial charge on any atom is 0.245 e. The van der Waals surface area contributed by atoms with Crippen LogP contribution in [0.1, 0.15) is 37.8 Å². The molecule has 110 valence electrons. The smallest absolute Gasteiger partial charge is 0.245 e. The van der Waals surface area contributed by atoms with E-state index in [4.69, 9.17) is 0 Å². The predicted octanol–water partition coefficient (Wildman–Crippen LogP) is 1.71. The summed E-state index contributed by atoms with van der Waals surface area (Å²) in [7, 11) is 1.91. The molecule has 0 spiro atoms. The summed E-state index contributed by atoms with van der Waals surface area (Å²) in [4.78, 5) is 17.0. The summed E-state index contributed by atoms with van der Waals surface area (Å²) in [6, 6.07) is 2.09. The number of anilines is 1. The molecule has 5 heteroatoms. The van der Waals surface area contributed by atoms with Gasteiger partial charge in [0.25, 0.3) is 0 Å². The first-order valence-corrected chi connectivity index (χ1v) is 7.73. The average Bonchev–Trinajstić information content (AvgIpc) is 2.82. The van der Waals surface area contributed by atoms with Gasteiger partial charge in [0.05, 0.1) is 11.7 Å². The van der Waals surface area contributed by atoms with E-state index in [0.717, 1.165) is 37.6 Å². The Hall–Kier alpha value is -1.36. The highest BCUT2D eigenvalue weighted by Crippen LogP contribution is 2.26. The molecule has 2 fully saturated rings. The number of hydrogen-bond donors (Lipinski definition) is 0. The topological polar surface area (TPSA) is 41.4 Å². The standard InChI is InChI=1S/C15H24N4O/c1-12-11-14(17(2)16-12)19-10-7-13(15(19)20)18-8-5-3-4-6-9-18/h11,13H,3-10H2,1-2H3/t13-/m1/s1. The fraction of sp³-hybridized carbons (Fsp3) is 0.733. The first-order chi connectivity index (χ1) is 9.66. The maximum absolute atomic E-state index is 12.7. The molecule has 0 unspecified atom stereocenters. The molecule has 20 heavy (non-hydrogen) atoms. The predicted molar refractivity (Wildman–Crippen MR) is 78.7 cm³/mol. The van der Waals surface area contributed by atoms with E-state index >= 15 is 0 Å². The van der Waals surface area contributed by atoms with Crippen LogP contribution in [0.5, 0.6) is 0 Å². The van der Waals surface area contributed by atoms with Crippen molar-refractivity contribution in [2.75, 3.05) is 24.5 Å². The van der Waals surface area contributed by atoms with Crippen molar-refractivity contribution in [1.82, 2.24) is 14.7 Å². The number of hydrogen-bond acceptors (Lipinski definition) is 3. The third-order valence-corrected chi connectivity index (χ3v) is 4.51. The first kappa shape index (κ1) is 13.6. The molecule has 0 radical (unpaired) electrons. The van der Waals surface area contributed by atoms with Crippen LogP contribution in [0, 0.1) is 6.92 Å². The zero-order valence-corrected chi connectivity index (χ0v) is 12.5. The zero-order valence-electron chi connectivity index (χ0n) is 12.5. The monoisotopic (exact) mass is 276 g/mol. The van der Waals surface area contributed by atoms with Gasteiger partial charge in [-0.1, -0.05) is 12.8 Å². The molecule has 2 aliphatic heterocycles. The molecule has 0 N–H and O–H groups in total. The minimum absolute atomic E-state index is 0.0864. The van der Waals surface area contributed by atoms with Crippen molar-refractivity contribution < 1.29 is 4.79 Å². The second-order valence-electron chi connectivity index (χ2n) is 6.01. The summed E-state index contributed by atoms with van der Waals surface area (Å²) in [5, 5.41) is 4.35. The lowest BCUT2D eigenvalue weighted by Crippen LogP contribution is -2.42. The summed E-state index contributed by atoms with van der Waals surface area (Å²) in [5.41, 5.74) is 0.966. The number of rotatable bonds is 2. The lowest BCUT2D eigenvalue weighted by Gasteiger charge is -2.26. The maximum atomic E-state index is 12.7. The summed E-state index contributed by atoms with van der Waals surface area (Å²) in [5.74, 6) is 1.19. The van der Waals surface area contributed by atoms with Gasteiger partial charge >= 0.3 is 0 Å². The van der Waals surface area contributed by atoms with Crippen molar-refractivity contribution in [1.29, 1.82) is 0 Å². The summed E-state index contributed by atoms with van der Waals surface area (Å²) >= 11 is 0. The van der Waals surface area contributed by atoms with Gasteiger partial charge in [-0.25, -0.2) is 0 Å².